The molecule has 0 atom stereocenters. The van der Waals surface area contributed by atoms with Crippen molar-refractivity contribution in [3.63, 3.8) is 0 Å². The fourth-order valence-electron chi connectivity index (χ4n) is 1.74. The van der Waals surface area contributed by atoms with Crippen LogP contribution in [0, 0.1) is 0 Å². The maximum atomic E-state index is 5.28. The Bertz CT molecular complexity index is 620. The van der Waals surface area contributed by atoms with E-state index in [1.165, 1.54) is 4.90 Å². The number of ether oxygens (including phenoxy) is 1. The lowest BCUT2D eigenvalue weighted by atomic mass is 10.3. The first-order chi connectivity index (χ1) is 10.7. The standard InChI is InChI=1S/C16H17BrN2OS2/c1-20-14-4-2-3-13(11-14)19-16(21)18-9-10-22-15-7-5-12(17)6-8-15/h2-8,11H,9-10H2,1H3,(H2,18,19,21). The lowest BCUT2D eigenvalue weighted by Gasteiger charge is -2.11. The van der Waals surface area contributed by atoms with Crippen molar-refractivity contribution < 1.29 is 4.74 Å². The van der Waals surface area contributed by atoms with E-state index < -0.39 is 0 Å². The van der Waals surface area contributed by atoms with Gasteiger partial charge in [-0.1, -0.05) is 22.0 Å². The Kier molecular flexibility index (Phi) is 7.02. The molecule has 3 nitrogen and oxygen atoms in total. The monoisotopic (exact) mass is 396 g/mol. The number of hydrogen-bond acceptors (Lipinski definition) is 3. The van der Waals surface area contributed by atoms with Gasteiger partial charge in [0.15, 0.2) is 5.11 Å². The third-order valence-electron chi connectivity index (χ3n) is 2.80. The zero-order valence-electron chi connectivity index (χ0n) is 12.1. The van der Waals surface area contributed by atoms with Crippen LogP contribution in [-0.4, -0.2) is 24.5 Å². The first-order valence-electron chi connectivity index (χ1n) is 6.74. The maximum absolute atomic E-state index is 5.28. The normalized spacial score (nSPS) is 10.1. The number of nitrogens with one attached hydrogen (secondary N) is 2. The van der Waals surface area contributed by atoms with E-state index in [1.807, 2.05) is 36.4 Å². The SMILES string of the molecule is COc1cccc(NC(=S)NCCSc2ccc(Br)cc2)c1. The second-order valence-electron chi connectivity index (χ2n) is 4.42. The molecular formula is C16H17BrN2OS2. The first-order valence-corrected chi connectivity index (χ1v) is 8.93. The third kappa shape index (κ3) is 5.87. The number of thiocarbonyl (C=S) groups is 1. The second kappa shape index (κ2) is 9.02. The Morgan fingerprint density at radius 2 is 2.00 bits per heavy atom. The van der Waals surface area contributed by atoms with Gasteiger partial charge in [0.05, 0.1) is 7.11 Å². The largest absolute Gasteiger partial charge is 0.497 e. The van der Waals surface area contributed by atoms with Crippen LogP contribution in [0.15, 0.2) is 57.9 Å². The molecule has 22 heavy (non-hydrogen) atoms. The molecule has 0 spiro atoms. The molecule has 0 aliphatic heterocycles. The van der Waals surface area contributed by atoms with E-state index in [9.17, 15) is 0 Å². The van der Waals surface area contributed by atoms with Crippen molar-refractivity contribution in [1.29, 1.82) is 0 Å². The molecule has 0 aliphatic rings. The van der Waals surface area contributed by atoms with Gasteiger partial charge in [0.1, 0.15) is 5.75 Å². The van der Waals surface area contributed by atoms with Crippen LogP contribution < -0.4 is 15.4 Å². The van der Waals surface area contributed by atoms with Gasteiger partial charge in [0.25, 0.3) is 0 Å². The predicted molar refractivity (Wildman–Crippen MR) is 102 cm³/mol. The third-order valence-corrected chi connectivity index (χ3v) is 4.59. The summed E-state index contributed by atoms with van der Waals surface area (Å²) in [7, 11) is 1.65. The summed E-state index contributed by atoms with van der Waals surface area (Å²) in [5.41, 5.74) is 0.914. The van der Waals surface area contributed by atoms with Gasteiger partial charge in [0.2, 0.25) is 0 Å². The number of halogens is 1. The summed E-state index contributed by atoms with van der Waals surface area (Å²) in [4.78, 5) is 1.25. The molecule has 0 saturated heterocycles. The highest BCUT2D eigenvalue weighted by atomic mass is 79.9. The van der Waals surface area contributed by atoms with Gasteiger partial charge < -0.3 is 15.4 Å². The molecular weight excluding hydrogens is 380 g/mol. The molecule has 0 aromatic heterocycles. The average Bonchev–Trinajstić information content (AvgIpc) is 2.53. The van der Waals surface area contributed by atoms with E-state index in [1.54, 1.807) is 18.9 Å². The lowest BCUT2D eigenvalue weighted by molar-refractivity contribution is 0.415. The van der Waals surface area contributed by atoms with Crippen molar-refractivity contribution in [2.45, 2.75) is 4.90 Å². The average molecular weight is 397 g/mol. The van der Waals surface area contributed by atoms with Gasteiger partial charge in [-0.3, -0.25) is 0 Å². The Morgan fingerprint density at radius 3 is 2.73 bits per heavy atom. The molecule has 0 amide bonds. The van der Waals surface area contributed by atoms with E-state index in [2.05, 4.69) is 38.7 Å². The lowest BCUT2D eigenvalue weighted by Crippen LogP contribution is -2.30. The Hall–Kier alpha value is -1.24. The molecule has 0 aliphatic carbocycles. The molecule has 0 heterocycles. The molecule has 0 fully saturated rings. The van der Waals surface area contributed by atoms with Crippen LogP contribution in [0.4, 0.5) is 5.69 Å². The van der Waals surface area contributed by atoms with Gasteiger partial charge >= 0.3 is 0 Å². The Balaban J connectivity index is 1.70. The molecule has 2 N–H and O–H groups in total. The highest BCUT2D eigenvalue weighted by Crippen LogP contribution is 2.20. The zero-order chi connectivity index (χ0) is 15.8. The first kappa shape index (κ1) is 17.1. The van der Waals surface area contributed by atoms with Crippen molar-refractivity contribution in [1.82, 2.24) is 5.32 Å². The van der Waals surface area contributed by atoms with Crippen molar-refractivity contribution >= 4 is 50.7 Å². The number of thioether (sulfide) groups is 1. The van der Waals surface area contributed by atoms with Crippen LogP contribution in [-0.2, 0) is 0 Å². The van der Waals surface area contributed by atoms with Crippen LogP contribution in [0.5, 0.6) is 5.75 Å². The predicted octanol–water partition coefficient (Wildman–Crippen LogP) is 4.54. The highest BCUT2D eigenvalue weighted by Gasteiger charge is 1.99. The fourth-order valence-corrected chi connectivity index (χ4v) is 2.99. The summed E-state index contributed by atoms with van der Waals surface area (Å²) in [6, 6.07) is 16.0. The molecule has 2 aromatic carbocycles. The van der Waals surface area contributed by atoms with E-state index in [4.69, 9.17) is 17.0 Å². The van der Waals surface area contributed by atoms with Gasteiger partial charge in [0, 0.05) is 33.4 Å². The number of rotatable bonds is 6. The quantitative estimate of drug-likeness (QED) is 0.425. The minimum atomic E-state index is 0.615. The van der Waals surface area contributed by atoms with Crippen molar-refractivity contribution in [2.75, 3.05) is 24.7 Å². The molecule has 0 saturated carbocycles. The topological polar surface area (TPSA) is 33.3 Å². The number of anilines is 1. The summed E-state index contributed by atoms with van der Waals surface area (Å²) in [6.45, 7) is 0.802. The van der Waals surface area contributed by atoms with E-state index in [-0.39, 0.29) is 0 Å². The van der Waals surface area contributed by atoms with Gasteiger partial charge in [-0.2, -0.15) is 0 Å². The summed E-state index contributed by atoms with van der Waals surface area (Å²) in [5.74, 6) is 1.75. The maximum Gasteiger partial charge on any atom is 0.170 e. The summed E-state index contributed by atoms with van der Waals surface area (Å²) in [5, 5.41) is 6.96. The number of benzene rings is 2. The van der Waals surface area contributed by atoms with Crippen LogP contribution in [0.1, 0.15) is 0 Å². The van der Waals surface area contributed by atoms with E-state index in [0.717, 1.165) is 28.2 Å². The van der Waals surface area contributed by atoms with Crippen molar-refractivity contribution in [3.8, 4) is 5.75 Å². The Labute approximate surface area is 149 Å². The second-order valence-corrected chi connectivity index (χ2v) is 6.91. The summed E-state index contributed by atoms with van der Waals surface area (Å²) in [6.07, 6.45) is 0. The van der Waals surface area contributed by atoms with Crippen molar-refractivity contribution in [2.24, 2.45) is 0 Å². The van der Waals surface area contributed by atoms with Gasteiger partial charge in [-0.15, -0.1) is 11.8 Å². The molecule has 2 rings (SSSR count). The van der Waals surface area contributed by atoms with Crippen LogP contribution >= 0.6 is 39.9 Å². The minimum Gasteiger partial charge on any atom is -0.497 e. The molecule has 116 valence electrons. The van der Waals surface area contributed by atoms with Crippen LogP contribution in [0.3, 0.4) is 0 Å². The highest BCUT2D eigenvalue weighted by molar-refractivity contribution is 9.10. The molecule has 0 unspecified atom stereocenters. The van der Waals surface area contributed by atoms with E-state index in [0.29, 0.717) is 5.11 Å². The van der Waals surface area contributed by atoms with Gasteiger partial charge in [-0.05, 0) is 48.6 Å². The van der Waals surface area contributed by atoms with Gasteiger partial charge in [-0.25, -0.2) is 0 Å². The summed E-state index contributed by atoms with van der Waals surface area (Å²) >= 11 is 10.5. The van der Waals surface area contributed by atoms with Crippen LogP contribution in [0.25, 0.3) is 0 Å². The number of methoxy groups -OCH3 is 1. The zero-order valence-corrected chi connectivity index (χ0v) is 15.4. The van der Waals surface area contributed by atoms with E-state index >= 15 is 0 Å². The Morgan fingerprint density at radius 1 is 1.23 bits per heavy atom. The molecule has 0 radical (unpaired) electrons. The van der Waals surface area contributed by atoms with Crippen molar-refractivity contribution in [3.05, 3.63) is 53.0 Å². The smallest absolute Gasteiger partial charge is 0.170 e. The summed E-state index contributed by atoms with van der Waals surface area (Å²) < 4.78 is 6.28. The van der Waals surface area contributed by atoms with Crippen LogP contribution in [0.2, 0.25) is 0 Å². The number of hydrogen-bond donors (Lipinski definition) is 2. The molecule has 6 heteroatoms. The minimum absolute atomic E-state index is 0.615. The molecule has 2 aromatic rings. The molecule has 0 bridgehead atoms. The fraction of sp³-hybridized carbons (Fsp3) is 0.188.